The highest BCUT2D eigenvalue weighted by atomic mass is 16.6. The molecule has 0 aliphatic heterocycles. The molecule has 0 saturated heterocycles. The fraction of sp³-hybridized carbons (Fsp3) is 0.654. The summed E-state index contributed by atoms with van der Waals surface area (Å²) < 4.78 is 5.39. The highest BCUT2D eigenvalue weighted by molar-refractivity contribution is 5.92. The normalized spacial score (nSPS) is 14.6. The largest absolute Gasteiger partial charge is 0.444 e. The Hall–Kier alpha value is -2.57. The molecular weight excluding hydrogens is 418 g/mol. The standard InChI is InChI=1S/C26H43N3O4/c1-12-16(2)20(27-24(32)33-26(8,9)10)23(31)29(11)21(22(30)28-25(5,6)7)19-17(3)14-13-15-18(19)4/h13-16,20-21H,12H2,1-11H3,(H,27,32)(H,28,30). The number of likely N-dealkylation sites (N-methyl/N-ethyl adjacent to an activating group) is 1. The number of carbonyl (C=O) groups is 3. The Balaban J connectivity index is 3.42. The molecule has 0 radical (unpaired) electrons. The van der Waals surface area contributed by atoms with Crippen LogP contribution in [0.25, 0.3) is 0 Å². The monoisotopic (exact) mass is 461 g/mol. The van der Waals surface area contributed by atoms with Gasteiger partial charge in [-0.25, -0.2) is 4.79 Å². The van der Waals surface area contributed by atoms with E-state index < -0.39 is 29.3 Å². The number of nitrogens with zero attached hydrogens (tertiary/aromatic N) is 1. The van der Waals surface area contributed by atoms with E-state index in [9.17, 15) is 14.4 Å². The Labute approximate surface area is 199 Å². The predicted octanol–water partition coefficient (Wildman–Crippen LogP) is 4.66. The van der Waals surface area contributed by atoms with Gasteiger partial charge in [0.25, 0.3) is 0 Å². The second-order valence-electron chi connectivity index (χ2n) is 10.9. The van der Waals surface area contributed by atoms with E-state index in [1.54, 1.807) is 27.8 Å². The van der Waals surface area contributed by atoms with Crippen molar-refractivity contribution in [3.8, 4) is 0 Å². The summed E-state index contributed by atoms with van der Waals surface area (Å²) in [6, 6.07) is 4.13. The maximum atomic E-state index is 13.7. The molecule has 0 spiro atoms. The van der Waals surface area contributed by atoms with Gasteiger partial charge < -0.3 is 20.3 Å². The number of nitrogens with one attached hydrogen (secondary N) is 2. The van der Waals surface area contributed by atoms with Crippen LogP contribution in [0.1, 0.15) is 84.5 Å². The molecule has 33 heavy (non-hydrogen) atoms. The van der Waals surface area contributed by atoms with Gasteiger partial charge in [-0.3, -0.25) is 9.59 Å². The molecule has 0 saturated carbocycles. The van der Waals surface area contributed by atoms with Crippen LogP contribution in [0.5, 0.6) is 0 Å². The van der Waals surface area contributed by atoms with Crippen LogP contribution in [0.4, 0.5) is 4.79 Å². The molecule has 0 heterocycles. The van der Waals surface area contributed by atoms with Gasteiger partial charge in [-0.2, -0.15) is 0 Å². The van der Waals surface area contributed by atoms with E-state index in [0.29, 0.717) is 6.42 Å². The first-order valence-corrected chi connectivity index (χ1v) is 11.6. The molecule has 3 atom stereocenters. The molecule has 7 heteroatoms. The van der Waals surface area contributed by atoms with Gasteiger partial charge in [0, 0.05) is 12.6 Å². The highest BCUT2D eigenvalue weighted by Gasteiger charge is 2.38. The lowest BCUT2D eigenvalue weighted by molar-refractivity contribution is -0.142. The van der Waals surface area contributed by atoms with Crippen molar-refractivity contribution in [3.63, 3.8) is 0 Å². The first-order valence-electron chi connectivity index (χ1n) is 11.6. The molecule has 1 rings (SSSR count). The summed E-state index contributed by atoms with van der Waals surface area (Å²) >= 11 is 0. The lowest BCUT2D eigenvalue weighted by Gasteiger charge is -2.36. The molecule has 7 nitrogen and oxygen atoms in total. The van der Waals surface area contributed by atoms with Crippen molar-refractivity contribution in [1.29, 1.82) is 0 Å². The second kappa shape index (κ2) is 11.0. The first-order chi connectivity index (χ1) is 15.0. The zero-order valence-corrected chi connectivity index (χ0v) is 22.3. The maximum absolute atomic E-state index is 13.7. The molecule has 0 fully saturated rings. The molecule has 2 N–H and O–H groups in total. The van der Waals surface area contributed by atoms with E-state index >= 15 is 0 Å². The SMILES string of the molecule is CCC(C)C(NC(=O)OC(C)(C)C)C(=O)N(C)C(C(=O)NC(C)(C)C)c1c(C)cccc1C. The van der Waals surface area contributed by atoms with Gasteiger partial charge in [0.1, 0.15) is 17.7 Å². The third-order valence-corrected chi connectivity index (χ3v) is 5.45. The Morgan fingerprint density at radius 2 is 1.55 bits per heavy atom. The van der Waals surface area contributed by atoms with Crippen LogP contribution in [0, 0.1) is 19.8 Å². The van der Waals surface area contributed by atoms with E-state index in [4.69, 9.17) is 4.74 Å². The Bertz CT molecular complexity index is 832. The van der Waals surface area contributed by atoms with Crippen LogP contribution in [-0.4, -0.2) is 47.0 Å². The van der Waals surface area contributed by atoms with Gasteiger partial charge in [-0.15, -0.1) is 0 Å². The van der Waals surface area contributed by atoms with Crippen molar-refractivity contribution in [3.05, 3.63) is 34.9 Å². The van der Waals surface area contributed by atoms with Gasteiger partial charge in [0.05, 0.1) is 0 Å². The number of hydrogen-bond acceptors (Lipinski definition) is 4. The first kappa shape index (κ1) is 28.5. The zero-order valence-electron chi connectivity index (χ0n) is 22.3. The highest BCUT2D eigenvalue weighted by Crippen LogP contribution is 2.29. The molecule has 1 aromatic rings. The van der Waals surface area contributed by atoms with Gasteiger partial charge in [-0.05, 0) is 78.0 Å². The lowest BCUT2D eigenvalue weighted by Crippen LogP contribution is -2.55. The molecular formula is C26H43N3O4. The Morgan fingerprint density at radius 3 is 1.97 bits per heavy atom. The zero-order chi connectivity index (χ0) is 25.7. The summed E-state index contributed by atoms with van der Waals surface area (Å²) in [6.45, 7) is 18.7. The Kier molecular flexibility index (Phi) is 9.52. The van der Waals surface area contributed by atoms with E-state index in [1.165, 1.54) is 4.90 Å². The molecule has 0 aromatic heterocycles. The summed E-state index contributed by atoms with van der Waals surface area (Å²) in [7, 11) is 1.62. The van der Waals surface area contributed by atoms with Crippen LogP contribution in [0.3, 0.4) is 0 Å². The van der Waals surface area contributed by atoms with Gasteiger partial charge >= 0.3 is 6.09 Å². The number of ether oxygens (including phenoxy) is 1. The number of benzene rings is 1. The third kappa shape index (κ3) is 8.37. The predicted molar refractivity (Wildman–Crippen MR) is 132 cm³/mol. The average molecular weight is 462 g/mol. The van der Waals surface area contributed by atoms with Gasteiger partial charge in [0.2, 0.25) is 11.8 Å². The molecule has 3 amide bonds. The Morgan fingerprint density at radius 1 is 1.03 bits per heavy atom. The molecule has 3 unspecified atom stereocenters. The van der Waals surface area contributed by atoms with Crippen molar-refractivity contribution < 1.29 is 19.1 Å². The molecule has 186 valence electrons. The van der Waals surface area contributed by atoms with Crippen LogP contribution >= 0.6 is 0 Å². The quantitative estimate of drug-likeness (QED) is 0.618. The summed E-state index contributed by atoms with van der Waals surface area (Å²) in [5.41, 5.74) is 1.47. The lowest BCUT2D eigenvalue weighted by atomic mass is 9.92. The number of amides is 3. The van der Waals surface area contributed by atoms with Crippen LogP contribution in [-0.2, 0) is 14.3 Å². The van der Waals surface area contributed by atoms with Crippen LogP contribution in [0.15, 0.2) is 18.2 Å². The summed E-state index contributed by atoms with van der Waals surface area (Å²) in [5.74, 6) is -0.764. The summed E-state index contributed by atoms with van der Waals surface area (Å²) in [4.78, 5) is 41.1. The summed E-state index contributed by atoms with van der Waals surface area (Å²) in [5, 5.41) is 5.76. The van der Waals surface area contributed by atoms with Gasteiger partial charge in [0.15, 0.2) is 0 Å². The smallest absolute Gasteiger partial charge is 0.408 e. The summed E-state index contributed by atoms with van der Waals surface area (Å²) in [6.07, 6.45) is 0.0137. The number of aryl methyl sites for hydroxylation is 2. The van der Waals surface area contributed by atoms with E-state index in [0.717, 1.165) is 16.7 Å². The minimum absolute atomic E-state index is 0.156. The van der Waals surface area contributed by atoms with Crippen molar-refractivity contribution in [1.82, 2.24) is 15.5 Å². The molecule has 0 bridgehead atoms. The van der Waals surface area contributed by atoms with E-state index in [-0.39, 0.29) is 17.7 Å². The van der Waals surface area contributed by atoms with E-state index in [1.807, 2.05) is 66.7 Å². The third-order valence-electron chi connectivity index (χ3n) is 5.45. The second-order valence-corrected chi connectivity index (χ2v) is 10.9. The topological polar surface area (TPSA) is 87.7 Å². The van der Waals surface area contributed by atoms with Crippen molar-refractivity contribution in [2.75, 3.05) is 7.05 Å². The van der Waals surface area contributed by atoms with Crippen LogP contribution < -0.4 is 10.6 Å². The van der Waals surface area contributed by atoms with Crippen molar-refractivity contribution in [2.45, 2.75) is 98.9 Å². The van der Waals surface area contributed by atoms with Crippen molar-refractivity contribution >= 4 is 17.9 Å². The molecule has 0 aliphatic carbocycles. The fourth-order valence-electron chi connectivity index (χ4n) is 3.66. The minimum atomic E-state index is -0.843. The minimum Gasteiger partial charge on any atom is -0.444 e. The average Bonchev–Trinajstić information content (AvgIpc) is 2.64. The van der Waals surface area contributed by atoms with Gasteiger partial charge in [-0.1, -0.05) is 38.5 Å². The maximum Gasteiger partial charge on any atom is 0.408 e. The van der Waals surface area contributed by atoms with Crippen molar-refractivity contribution in [2.24, 2.45) is 5.92 Å². The fourth-order valence-corrected chi connectivity index (χ4v) is 3.66. The number of hydrogen-bond donors (Lipinski definition) is 2. The number of carbonyl (C=O) groups excluding carboxylic acids is 3. The molecule has 1 aromatic carbocycles. The van der Waals surface area contributed by atoms with E-state index in [2.05, 4.69) is 10.6 Å². The molecule has 0 aliphatic rings. The number of rotatable bonds is 7. The number of alkyl carbamates (subject to hydrolysis) is 1. The van der Waals surface area contributed by atoms with Crippen LogP contribution in [0.2, 0.25) is 0 Å².